The summed E-state index contributed by atoms with van der Waals surface area (Å²) in [5.41, 5.74) is 13.5. The molecule has 0 unspecified atom stereocenters. The minimum absolute atomic E-state index is 0.109. The van der Waals surface area contributed by atoms with Gasteiger partial charge in [-0.25, -0.2) is 0 Å². The van der Waals surface area contributed by atoms with E-state index in [1.165, 1.54) is 87.6 Å². The summed E-state index contributed by atoms with van der Waals surface area (Å²) in [7, 11) is 0. The van der Waals surface area contributed by atoms with Gasteiger partial charge in [0, 0.05) is 22.4 Å². The van der Waals surface area contributed by atoms with E-state index in [1.807, 2.05) is 0 Å². The molecule has 0 atom stereocenters. The number of hydrogen-bond donors (Lipinski definition) is 0. The number of benzene rings is 10. The quantitative estimate of drug-likeness (QED) is 0.161. The lowest BCUT2D eigenvalue weighted by atomic mass is 9.82. The highest BCUT2D eigenvalue weighted by atomic mass is 15.1. The van der Waals surface area contributed by atoms with Crippen LogP contribution in [-0.2, 0) is 5.41 Å². The number of para-hydroxylation sites is 1. The summed E-state index contributed by atoms with van der Waals surface area (Å²) in [6.07, 6.45) is 0. The molecule has 10 aromatic carbocycles. The van der Waals surface area contributed by atoms with Crippen LogP contribution in [0.15, 0.2) is 200 Å². The van der Waals surface area contributed by atoms with Gasteiger partial charge in [-0.2, -0.15) is 0 Å². The maximum Gasteiger partial charge on any atom is 0.0540 e. The zero-order chi connectivity index (χ0) is 37.4. The molecule has 0 aromatic heterocycles. The Hall–Kier alpha value is -6.96. The normalized spacial score (nSPS) is 13.0. The predicted molar refractivity (Wildman–Crippen MR) is 240 cm³/mol. The van der Waals surface area contributed by atoms with Crippen LogP contribution < -0.4 is 4.90 Å². The summed E-state index contributed by atoms with van der Waals surface area (Å²) in [5.74, 6) is 0. The number of rotatable bonds is 5. The van der Waals surface area contributed by atoms with Crippen LogP contribution in [0.2, 0.25) is 0 Å². The molecule has 0 amide bonds. The fourth-order valence-corrected chi connectivity index (χ4v) is 9.33. The van der Waals surface area contributed by atoms with E-state index in [9.17, 15) is 0 Å². The van der Waals surface area contributed by atoms with Crippen LogP contribution in [-0.4, -0.2) is 0 Å². The molecule has 11 rings (SSSR count). The lowest BCUT2D eigenvalue weighted by Crippen LogP contribution is -2.16. The molecule has 1 nitrogen and oxygen atoms in total. The summed E-state index contributed by atoms with van der Waals surface area (Å²) in [5, 5.41) is 10.2. The smallest absolute Gasteiger partial charge is 0.0540 e. The molecular weight excluding hydrogens is 675 g/mol. The fraction of sp³-hybridized carbons (Fsp3) is 0.0545. The summed E-state index contributed by atoms with van der Waals surface area (Å²) in [4.78, 5) is 2.45. The summed E-state index contributed by atoms with van der Waals surface area (Å²) in [6, 6.07) is 74.1. The van der Waals surface area contributed by atoms with Gasteiger partial charge >= 0.3 is 0 Å². The molecule has 56 heavy (non-hydrogen) atoms. The van der Waals surface area contributed by atoms with E-state index < -0.39 is 0 Å². The Morgan fingerprint density at radius 1 is 0.321 bits per heavy atom. The van der Waals surface area contributed by atoms with Crippen molar-refractivity contribution in [1.82, 2.24) is 0 Å². The molecule has 0 N–H and O–H groups in total. The molecule has 264 valence electrons. The Kier molecular flexibility index (Phi) is 7.28. The van der Waals surface area contributed by atoms with Crippen LogP contribution in [0, 0.1) is 0 Å². The second-order valence-corrected chi connectivity index (χ2v) is 15.7. The van der Waals surface area contributed by atoms with Crippen LogP contribution in [0.1, 0.15) is 25.0 Å². The molecule has 0 radical (unpaired) electrons. The van der Waals surface area contributed by atoms with Crippen molar-refractivity contribution in [3.63, 3.8) is 0 Å². The number of fused-ring (bicyclic) bond motifs is 9. The van der Waals surface area contributed by atoms with Crippen LogP contribution in [0.5, 0.6) is 0 Å². The first-order chi connectivity index (χ1) is 27.5. The van der Waals surface area contributed by atoms with Gasteiger partial charge < -0.3 is 4.90 Å². The highest BCUT2D eigenvalue weighted by Gasteiger charge is 2.35. The van der Waals surface area contributed by atoms with E-state index in [4.69, 9.17) is 0 Å². The first-order valence-corrected chi connectivity index (χ1v) is 19.6. The topological polar surface area (TPSA) is 3.24 Å². The molecule has 0 spiro atoms. The number of anilines is 3. The number of nitrogens with zero attached hydrogens (tertiary/aromatic N) is 1. The largest absolute Gasteiger partial charge is 0.310 e. The maximum atomic E-state index is 2.45. The van der Waals surface area contributed by atoms with Crippen LogP contribution >= 0.6 is 0 Å². The van der Waals surface area contributed by atoms with Gasteiger partial charge in [0.2, 0.25) is 0 Å². The fourth-order valence-electron chi connectivity index (χ4n) is 9.33. The second-order valence-electron chi connectivity index (χ2n) is 15.7. The Morgan fingerprint density at radius 2 is 0.893 bits per heavy atom. The highest BCUT2D eigenvalue weighted by molar-refractivity contribution is 6.17. The van der Waals surface area contributed by atoms with Gasteiger partial charge in [0.1, 0.15) is 0 Å². The van der Waals surface area contributed by atoms with Crippen molar-refractivity contribution in [3.05, 3.63) is 211 Å². The summed E-state index contributed by atoms with van der Waals surface area (Å²) < 4.78 is 0. The van der Waals surface area contributed by atoms with Crippen LogP contribution in [0.4, 0.5) is 17.1 Å². The molecule has 0 aliphatic heterocycles. The molecule has 0 fully saturated rings. The van der Waals surface area contributed by atoms with Crippen LogP contribution in [0.25, 0.3) is 76.5 Å². The molecule has 0 saturated heterocycles. The molecule has 0 bridgehead atoms. The van der Waals surface area contributed by atoms with E-state index in [-0.39, 0.29) is 5.41 Å². The van der Waals surface area contributed by atoms with Crippen molar-refractivity contribution in [2.45, 2.75) is 19.3 Å². The van der Waals surface area contributed by atoms with E-state index >= 15 is 0 Å². The first kappa shape index (κ1) is 32.5. The molecule has 1 aliphatic carbocycles. The average molecular weight is 714 g/mol. The SMILES string of the molecule is CC1(C)c2ccccc2-c2ccc(N(c3ccc(-c4ccc5ccc6c7ccccc7ccc6c5c4)cc3)c3ccccc3-c3ccc4ccccc4c3)cc21. The van der Waals surface area contributed by atoms with Gasteiger partial charge in [-0.1, -0.05) is 172 Å². The van der Waals surface area contributed by atoms with Gasteiger partial charge in [0.15, 0.2) is 0 Å². The van der Waals surface area contributed by atoms with Gasteiger partial charge in [-0.05, 0) is 124 Å². The van der Waals surface area contributed by atoms with Crippen molar-refractivity contribution >= 4 is 60.2 Å². The molecule has 0 heterocycles. The minimum atomic E-state index is -0.109. The molecule has 1 aliphatic rings. The lowest BCUT2D eigenvalue weighted by molar-refractivity contribution is 0.660. The highest BCUT2D eigenvalue weighted by Crippen LogP contribution is 2.51. The van der Waals surface area contributed by atoms with E-state index in [0.717, 1.165) is 17.1 Å². The van der Waals surface area contributed by atoms with Gasteiger partial charge in [-0.3, -0.25) is 0 Å². The molecule has 1 heteroatoms. The number of hydrogen-bond acceptors (Lipinski definition) is 1. The standard InChI is InChI=1S/C55H39N/c1-55(2)52-17-9-7-16-49(52)50-32-29-44(35-53(50)55)56(54-18-10-8-15-46(54)42-22-19-36-11-3-4-13-40(36)33-42)43-27-23-37(24-28-43)41-21-20-39-26-30-47-45-14-6-5-12-38(45)25-31-48(47)51(39)34-41/h3-35H,1-2H3. The van der Waals surface area contributed by atoms with Gasteiger partial charge in [0.25, 0.3) is 0 Å². The Bertz CT molecular complexity index is 3170. The van der Waals surface area contributed by atoms with E-state index in [2.05, 4.69) is 219 Å². The van der Waals surface area contributed by atoms with Gasteiger partial charge in [-0.15, -0.1) is 0 Å². The van der Waals surface area contributed by atoms with Crippen LogP contribution in [0.3, 0.4) is 0 Å². The zero-order valence-corrected chi connectivity index (χ0v) is 31.5. The first-order valence-electron chi connectivity index (χ1n) is 19.6. The minimum Gasteiger partial charge on any atom is -0.310 e. The van der Waals surface area contributed by atoms with Crippen molar-refractivity contribution in [1.29, 1.82) is 0 Å². The molecular formula is C55H39N. The predicted octanol–water partition coefficient (Wildman–Crippen LogP) is 15.4. The molecule has 0 saturated carbocycles. The maximum absolute atomic E-state index is 2.45. The van der Waals surface area contributed by atoms with Crippen molar-refractivity contribution in [2.75, 3.05) is 4.90 Å². The third-order valence-electron chi connectivity index (χ3n) is 12.2. The third-order valence-corrected chi connectivity index (χ3v) is 12.2. The van der Waals surface area contributed by atoms with Gasteiger partial charge in [0.05, 0.1) is 5.69 Å². The average Bonchev–Trinajstić information content (AvgIpc) is 3.49. The van der Waals surface area contributed by atoms with Crippen molar-refractivity contribution in [2.24, 2.45) is 0 Å². The van der Waals surface area contributed by atoms with E-state index in [0.29, 0.717) is 0 Å². The Balaban J connectivity index is 1.06. The summed E-state index contributed by atoms with van der Waals surface area (Å²) in [6.45, 7) is 4.72. The molecule has 10 aromatic rings. The third kappa shape index (κ3) is 5.08. The Morgan fingerprint density at radius 3 is 1.73 bits per heavy atom. The Labute approximate surface area is 327 Å². The lowest BCUT2D eigenvalue weighted by Gasteiger charge is -2.30. The zero-order valence-electron chi connectivity index (χ0n) is 31.5. The van der Waals surface area contributed by atoms with Crippen molar-refractivity contribution in [3.8, 4) is 33.4 Å². The van der Waals surface area contributed by atoms with E-state index in [1.54, 1.807) is 0 Å². The van der Waals surface area contributed by atoms with Crippen molar-refractivity contribution < 1.29 is 0 Å². The monoisotopic (exact) mass is 713 g/mol. The second kappa shape index (κ2) is 12.5. The summed E-state index contributed by atoms with van der Waals surface area (Å²) >= 11 is 0.